The van der Waals surface area contributed by atoms with Crippen molar-refractivity contribution < 1.29 is 37.4 Å². The third-order valence-corrected chi connectivity index (χ3v) is 8.66. The number of carboxylic acid groups (broad SMARTS) is 1. The fourth-order valence-corrected chi connectivity index (χ4v) is 7.00. The standard InChI is InChI=1S/C15H18N2O8S2/c1-3-24-14(21)25-6-4-15(2)9(13(19)20)17-11(18)8(10-16-5-7-26-10)12(17)27(15,22)23/h5,7-9,12H,3-4,6H2,1-2H3,(H,19,20)/t8?,9-,12+,15?/m0/s1. The van der Waals surface area contributed by atoms with Crippen LogP contribution in [0.4, 0.5) is 4.79 Å². The van der Waals surface area contributed by atoms with Gasteiger partial charge in [0, 0.05) is 18.0 Å². The number of hydrogen-bond donors (Lipinski definition) is 1. The highest BCUT2D eigenvalue weighted by molar-refractivity contribution is 7.94. The first kappa shape index (κ1) is 19.5. The van der Waals surface area contributed by atoms with Gasteiger partial charge in [-0.25, -0.2) is 23.0 Å². The Labute approximate surface area is 159 Å². The lowest BCUT2D eigenvalue weighted by atomic mass is 9.90. The predicted molar refractivity (Wildman–Crippen MR) is 91.8 cm³/mol. The summed E-state index contributed by atoms with van der Waals surface area (Å²) in [7, 11) is -4.08. The van der Waals surface area contributed by atoms with Gasteiger partial charge in [0.15, 0.2) is 15.2 Å². The van der Waals surface area contributed by atoms with Gasteiger partial charge in [-0.2, -0.15) is 0 Å². The van der Waals surface area contributed by atoms with Crippen molar-refractivity contribution in [2.24, 2.45) is 0 Å². The summed E-state index contributed by atoms with van der Waals surface area (Å²) in [4.78, 5) is 40.6. The molecular formula is C15H18N2O8S2. The van der Waals surface area contributed by atoms with E-state index >= 15 is 0 Å². The van der Waals surface area contributed by atoms with Crippen molar-refractivity contribution in [1.29, 1.82) is 0 Å². The van der Waals surface area contributed by atoms with E-state index in [0.29, 0.717) is 5.01 Å². The summed E-state index contributed by atoms with van der Waals surface area (Å²) in [6.07, 6.45) is 0.206. The molecule has 10 nitrogen and oxygen atoms in total. The van der Waals surface area contributed by atoms with Gasteiger partial charge in [0.05, 0.1) is 13.2 Å². The van der Waals surface area contributed by atoms with Crippen LogP contribution < -0.4 is 0 Å². The fourth-order valence-electron chi connectivity index (χ4n) is 3.59. The Hall–Kier alpha value is -2.21. The number of β-lactam (4-membered cyclic amide) rings is 1. The minimum atomic E-state index is -4.08. The summed E-state index contributed by atoms with van der Waals surface area (Å²) in [5.41, 5.74) is 0. The fraction of sp³-hybridized carbons (Fsp3) is 0.600. The van der Waals surface area contributed by atoms with E-state index in [-0.39, 0.29) is 19.6 Å². The second-order valence-electron chi connectivity index (χ2n) is 6.36. The molecule has 0 bridgehead atoms. The van der Waals surface area contributed by atoms with Gasteiger partial charge in [-0.1, -0.05) is 0 Å². The first-order valence-corrected chi connectivity index (χ1v) is 10.6. The van der Waals surface area contributed by atoms with E-state index in [1.165, 1.54) is 13.1 Å². The number of amides is 1. The van der Waals surface area contributed by atoms with Gasteiger partial charge < -0.3 is 19.5 Å². The van der Waals surface area contributed by atoms with E-state index in [0.717, 1.165) is 16.2 Å². The summed E-state index contributed by atoms with van der Waals surface area (Å²) in [5, 5.41) is 10.3. The van der Waals surface area contributed by atoms with E-state index < -0.39 is 49.9 Å². The monoisotopic (exact) mass is 418 g/mol. The zero-order valence-corrected chi connectivity index (χ0v) is 16.2. The number of aliphatic carboxylic acids is 1. The van der Waals surface area contributed by atoms with Crippen molar-refractivity contribution >= 4 is 39.2 Å². The molecule has 4 atom stereocenters. The number of carbonyl (C=O) groups excluding carboxylic acids is 2. The molecule has 2 unspecified atom stereocenters. The van der Waals surface area contributed by atoms with Crippen LogP contribution >= 0.6 is 11.3 Å². The average molecular weight is 418 g/mol. The Balaban J connectivity index is 1.90. The Morgan fingerprint density at radius 2 is 2.11 bits per heavy atom. The van der Waals surface area contributed by atoms with E-state index in [1.54, 1.807) is 12.3 Å². The highest BCUT2D eigenvalue weighted by Gasteiger charge is 2.74. The highest BCUT2D eigenvalue weighted by Crippen LogP contribution is 2.53. The van der Waals surface area contributed by atoms with Gasteiger partial charge in [-0.05, 0) is 13.8 Å². The number of hydrogen-bond acceptors (Lipinski definition) is 9. The van der Waals surface area contributed by atoms with Gasteiger partial charge in [-0.3, -0.25) is 4.79 Å². The average Bonchev–Trinajstić information content (AvgIpc) is 3.14. The lowest BCUT2D eigenvalue weighted by Gasteiger charge is -2.41. The number of aromatic nitrogens is 1. The molecule has 1 aromatic rings. The van der Waals surface area contributed by atoms with Crippen LogP contribution in [0.25, 0.3) is 0 Å². The minimum absolute atomic E-state index is 0.0893. The number of carbonyl (C=O) groups is 3. The predicted octanol–water partition coefficient (Wildman–Crippen LogP) is 0.598. The molecule has 0 radical (unpaired) electrons. The van der Waals surface area contributed by atoms with Gasteiger partial charge in [-0.15, -0.1) is 11.3 Å². The van der Waals surface area contributed by atoms with Gasteiger partial charge in [0.25, 0.3) is 0 Å². The number of carboxylic acids is 1. The summed E-state index contributed by atoms with van der Waals surface area (Å²) in [6, 6.07) is -1.57. The number of sulfone groups is 1. The van der Waals surface area contributed by atoms with E-state index in [2.05, 4.69) is 9.72 Å². The lowest BCUT2D eigenvalue weighted by Crippen LogP contribution is -2.62. The number of fused-ring (bicyclic) bond motifs is 1. The molecule has 1 N–H and O–H groups in total. The van der Waals surface area contributed by atoms with E-state index in [9.17, 15) is 27.9 Å². The van der Waals surface area contributed by atoms with Crippen LogP contribution in [-0.4, -0.2) is 70.8 Å². The minimum Gasteiger partial charge on any atom is -0.480 e. The molecule has 0 aromatic carbocycles. The van der Waals surface area contributed by atoms with E-state index in [1.807, 2.05) is 0 Å². The van der Waals surface area contributed by atoms with Crippen molar-refractivity contribution in [3.8, 4) is 0 Å². The highest BCUT2D eigenvalue weighted by atomic mass is 32.2. The first-order chi connectivity index (χ1) is 12.7. The molecule has 0 saturated carbocycles. The molecule has 2 aliphatic heterocycles. The quantitative estimate of drug-likeness (QED) is 0.519. The zero-order chi connectivity index (χ0) is 20.0. The second kappa shape index (κ2) is 6.75. The van der Waals surface area contributed by atoms with Gasteiger partial charge >= 0.3 is 12.1 Å². The summed E-state index contributed by atoms with van der Waals surface area (Å²) < 4.78 is 34.0. The van der Waals surface area contributed by atoms with Crippen molar-refractivity contribution in [2.45, 2.75) is 42.3 Å². The maximum Gasteiger partial charge on any atom is 0.508 e. The smallest absolute Gasteiger partial charge is 0.480 e. The number of ether oxygens (including phenoxy) is 2. The molecule has 3 heterocycles. The molecule has 1 amide bonds. The maximum absolute atomic E-state index is 13.2. The molecule has 1 aromatic heterocycles. The zero-order valence-electron chi connectivity index (χ0n) is 14.5. The van der Waals surface area contributed by atoms with Crippen molar-refractivity contribution in [3.05, 3.63) is 16.6 Å². The van der Waals surface area contributed by atoms with E-state index in [4.69, 9.17) is 4.74 Å². The summed E-state index contributed by atoms with van der Waals surface area (Å²) in [5.74, 6) is -3.02. The molecule has 148 valence electrons. The summed E-state index contributed by atoms with van der Waals surface area (Å²) >= 11 is 1.14. The normalized spacial score (nSPS) is 31.1. The summed E-state index contributed by atoms with van der Waals surface area (Å²) in [6.45, 7) is 2.58. The Morgan fingerprint density at radius 3 is 2.67 bits per heavy atom. The molecule has 27 heavy (non-hydrogen) atoms. The van der Waals surface area contributed by atoms with Crippen LogP contribution in [0.2, 0.25) is 0 Å². The van der Waals surface area contributed by atoms with Crippen LogP contribution in [0.1, 0.15) is 31.2 Å². The van der Waals surface area contributed by atoms with Crippen LogP contribution in [-0.2, 0) is 28.9 Å². The van der Waals surface area contributed by atoms with Gasteiger partial charge in [0.1, 0.15) is 21.7 Å². The maximum atomic E-state index is 13.2. The van der Waals surface area contributed by atoms with Crippen molar-refractivity contribution in [2.75, 3.05) is 13.2 Å². The molecule has 12 heteroatoms. The van der Waals surface area contributed by atoms with Crippen molar-refractivity contribution in [3.63, 3.8) is 0 Å². The molecular weight excluding hydrogens is 400 g/mol. The number of thiazole rings is 1. The number of rotatable bonds is 6. The van der Waals surface area contributed by atoms with Gasteiger partial charge in [0.2, 0.25) is 5.91 Å². The first-order valence-electron chi connectivity index (χ1n) is 8.14. The Morgan fingerprint density at radius 1 is 1.41 bits per heavy atom. The second-order valence-corrected chi connectivity index (χ2v) is 9.80. The Bertz CT molecular complexity index is 868. The SMILES string of the molecule is CCOC(=O)OCCC1(C)[C@H](C(=O)O)N2C(=O)C(c3nccs3)[C@H]2S1(=O)=O. The van der Waals surface area contributed by atoms with Crippen LogP contribution in [0.5, 0.6) is 0 Å². The molecule has 0 spiro atoms. The number of nitrogens with zero attached hydrogens (tertiary/aromatic N) is 2. The third kappa shape index (κ3) is 2.78. The molecule has 0 aliphatic carbocycles. The molecule has 2 saturated heterocycles. The van der Waals surface area contributed by atoms with Crippen LogP contribution in [0.3, 0.4) is 0 Å². The Kier molecular flexibility index (Phi) is 4.89. The van der Waals surface area contributed by atoms with Crippen LogP contribution in [0, 0.1) is 0 Å². The topological polar surface area (TPSA) is 140 Å². The molecule has 2 fully saturated rings. The molecule has 2 aliphatic rings. The molecule has 3 rings (SSSR count). The lowest BCUT2D eigenvalue weighted by molar-refractivity contribution is -0.159. The third-order valence-electron chi connectivity index (χ3n) is 4.94. The van der Waals surface area contributed by atoms with Crippen LogP contribution in [0.15, 0.2) is 11.6 Å². The largest absolute Gasteiger partial charge is 0.508 e. The van der Waals surface area contributed by atoms with Crippen molar-refractivity contribution in [1.82, 2.24) is 9.88 Å².